The monoisotopic (exact) mass is 259 g/mol. The third-order valence-corrected chi connectivity index (χ3v) is 2.72. The van der Waals surface area contributed by atoms with Crippen molar-refractivity contribution in [3.63, 3.8) is 0 Å². The van der Waals surface area contributed by atoms with Crippen molar-refractivity contribution in [1.82, 2.24) is 14.5 Å². The first-order valence-corrected chi connectivity index (χ1v) is 5.03. The number of anilines is 1. The quantitative estimate of drug-likeness (QED) is 0.356. The highest BCUT2D eigenvalue weighted by Crippen LogP contribution is 2.32. The fourth-order valence-electron chi connectivity index (χ4n) is 1.69. The molecule has 10 nitrogen and oxygen atoms in total. The number of nitrogens with zero attached hydrogens (tertiary/aromatic N) is 3. The van der Waals surface area contributed by atoms with Gasteiger partial charge < -0.3 is 25.8 Å². The fraction of sp³-hybridized carbons (Fsp3) is 0.625. The molecule has 100 valence electrons. The van der Waals surface area contributed by atoms with Gasteiger partial charge in [0.2, 0.25) is 5.95 Å². The third kappa shape index (κ3) is 1.85. The van der Waals surface area contributed by atoms with Crippen LogP contribution in [0.15, 0.2) is 11.1 Å². The van der Waals surface area contributed by atoms with Crippen LogP contribution in [0.25, 0.3) is 0 Å². The Hall–Kier alpha value is -1.59. The predicted octanol–water partition coefficient (Wildman–Crippen LogP) is -3.88. The summed E-state index contributed by atoms with van der Waals surface area (Å²) < 4.78 is 5.93. The van der Waals surface area contributed by atoms with E-state index in [2.05, 4.69) is 9.97 Å². The molecule has 1 aliphatic heterocycles. The molecule has 1 aromatic rings. The molecule has 0 aliphatic carbocycles. The van der Waals surface area contributed by atoms with Crippen LogP contribution in [-0.4, -0.2) is 54.4 Å². The maximum absolute atomic E-state index is 11.5. The molecule has 18 heavy (non-hydrogen) atoms. The van der Waals surface area contributed by atoms with Crippen molar-refractivity contribution in [2.75, 3.05) is 12.3 Å². The molecule has 10 heteroatoms. The lowest BCUT2D eigenvalue weighted by molar-refractivity contribution is -0.125. The molecule has 1 fully saturated rings. The lowest BCUT2D eigenvalue weighted by Crippen LogP contribution is -2.54. The number of ether oxygens (including phenoxy) is 1. The smallest absolute Gasteiger partial charge is 0.354 e. The van der Waals surface area contributed by atoms with E-state index in [0.29, 0.717) is 0 Å². The lowest BCUT2D eigenvalue weighted by atomic mass is 10.1. The summed E-state index contributed by atoms with van der Waals surface area (Å²) in [7, 11) is 0. The number of aliphatic hydroxyl groups excluding tert-OH is 3. The van der Waals surface area contributed by atoms with Crippen molar-refractivity contribution in [2.24, 2.45) is 5.73 Å². The van der Waals surface area contributed by atoms with Gasteiger partial charge in [0.25, 0.3) is 0 Å². The highest BCUT2D eigenvalue weighted by molar-refractivity contribution is 5.10. The summed E-state index contributed by atoms with van der Waals surface area (Å²) >= 11 is 0. The van der Waals surface area contributed by atoms with Gasteiger partial charge in [-0.1, -0.05) is 0 Å². The maximum atomic E-state index is 11.5. The van der Waals surface area contributed by atoms with E-state index in [4.69, 9.17) is 21.3 Å². The minimum Gasteiger partial charge on any atom is -0.392 e. The summed E-state index contributed by atoms with van der Waals surface area (Å²) in [4.78, 5) is 18.5. The van der Waals surface area contributed by atoms with Crippen molar-refractivity contribution >= 4 is 5.95 Å². The lowest BCUT2D eigenvalue weighted by Gasteiger charge is -2.24. The van der Waals surface area contributed by atoms with E-state index in [0.717, 1.165) is 10.9 Å². The molecule has 1 saturated heterocycles. The second-order valence-corrected chi connectivity index (χ2v) is 3.96. The zero-order valence-corrected chi connectivity index (χ0v) is 9.17. The summed E-state index contributed by atoms with van der Waals surface area (Å²) in [6.07, 6.45) is -3.36. The van der Waals surface area contributed by atoms with Crippen LogP contribution in [0.1, 0.15) is 6.23 Å². The van der Waals surface area contributed by atoms with E-state index in [1.54, 1.807) is 0 Å². The minimum atomic E-state index is -1.86. The van der Waals surface area contributed by atoms with Gasteiger partial charge in [-0.15, -0.1) is 0 Å². The first-order valence-electron chi connectivity index (χ1n) is 5.03. The second kappa shape index (κ2) is 4.26. The van der Waals surface area contributed by atoms with Crippen molar-refractivity contribution in [2.45, 2.75) is 24.2 Å². The van der Waals surface area contributed by atoms with E-state index >= 15 is 0 Å². The second-order valence-electron chi connectivity index (χ2n) is 3.96. The van der Waals surface area contributed by atoms with Crippen LogP contribution in [0.3, 0.4) is 0 Å². The molecule has 0 bridgehead atoms. The Kier molecular flexibility index (Phi) is 3.04. The number of aromatic nitrogens is 3. The molecule has 0 amide bonds. The van der Waals surface area contributed by atoms with E-state index in [1.807, 2.05) is 0 Å². The van der Waals surface area contributed by atoms with Gasteiger partial charge in [0.1, 0.15) is 18.5 Å². The van der Waals surface area contributed by atoms with Gasteiger partial charge in [0, 0.05) is 0 Å². The number of nitrogen functional groups attached to an aromatic ring is 1. The Balaban J connectivity index is 2.38. The van der Waals surface area contributed by atoms with Crippen LogP contribution < -0.4 is 17.2 Å². The van der Waals surface area contributed by atoms with Gasteiger partial charge in [-0.05, 0) is 0 Å². The van der Waals surface area contributed by atoms with Crippen LogP contribution in [0, 0.1) is 0 Å². The molecule has 1 aromatic heterocycles. The molecule has 4 unspecified atom stereocenters. The molecular weight excluding hydrogens is 246 g/mol. The maximum Gasteiger partial charge on any atom is 0.354 e. The number of nitrogens with two attached hydrogens (primary N) is 2. The average molecular weight is 259 g/mol. The number of rotatable bonds is 2. The first kappa shape index (κ1) is 12.9. The largest absolute Gasteiger partial charge is 0.392 e. The zero-order chi connectivity index (χ0) is 13.5. The first-order chi connectivity index (χ1) is 8.39. The Labute approximate surface area is 100 Å². The molecule has 2 rings (SSSR count). The highest BCUT2D eigenvalue weighted by atomic mass is 16.6. The SMILES string of the molecule is Nc1ncn(C2OC(N)(CO)C(O)C2O)c(=O)n1. The molecule has 4 atom stereocenters. The third-order valence-electron chi connectivity index (χ3n) is 2.72. The van der Waals surface area contributed by atoms with Gasteiger partial charge in [-0.3, -0.25) is 10.3 Å². The molecule has 0 spiro atoms. The Morgan fingerprint density at radius 2 is 2.22 bits per heavy atom. The van der Waals surface area contributed by atoms with Crippen LogP contribution >= 0.6 is 0 Å². The summed E-state index contributed by atoms with van der Waals surface area (Å²) in [6, 6.07) is 0. The Morgan fingerprint density at radius 1 is 1.56 bits per heavy atom. The van der Waals surface area contributed by atoms with Gasteiger partial charge in [0.15, 0.2) is 12.0 Å². The summed E-state index contributed by atoms with van der Waals surface area (Å²) in [5.74, 6) is -0.231. The molecule has 7 N–H and O–H groups in total. The van der Waals surface area contributed by atoms with E-state index in [9.17, 15) is 15.0 Å². The van der Waals surface area contributed by atoms with Gasteiger partial charge in [-0.2, -0.15) is 4.98 Å². The number of hydrogen-bond acceptors (Lipinski definition) is 9. The van der Waals surface area contributed by atoms with Crippen molar-refractivity contribution in [3.8, 4) is 0 Å². The van der Waals surface area contributed by atoms with Crippen LogP contribution in [0.5, 0.6) is 0 Å². The van der Waals surface area contributed by atoms with E-state index in [1.165, 1.54) is 0 Å². The Bertz CT molecular complexity index is 507. The van der Waals surface area contributed by atoms with E-state index in [-0.39, 0.29) is 5.95 Å². The molecule has 2 heterocycles. The zero-order valence-electron chi connectivity index (χ0n) is 9.17. The van der Waals surface area contributed by atoms with Crippen LogP contribution in [0.2, 0.25) is 0 Å². The summed E-state index contributed by atoms with van der Waals surface area (Å²) in [5, 5.41) is 28.4. The predicted molar refractivity (Wildman–Crippen MR) is 56.8 cm³/mol. The topological polar surface area (TPSA) is 170 Å². The standard InChI is InChI=1S/C8H13N5O5/c9-6-11-2-13(7(17)12-6)5-3(15)4(16)8(10,1-14)18-5/h2-5,14-16H,1,10H2,(H2,9,12,17). The van der Waals surface area contributed by atoms with Crippen LogP contribution in [0.4, 0.5) is 5.95 Å². The normalized spacial score (nSPS) is 35.9. The Morgan fingerprint density at radius 3 is 2.72 bits per heavy atom. The van der Waals surface area contributed by atoms with Gasteiger partial charge in [-0.25, -0.2) is 9.78 Å². The highest BCUT2D eigenvalue weighted by Gasteiger charge is 2.52. The van der Waals surface area contributed by atoms with Crippen molar-refractivity contribution < 1.29 is 20.1 Å². The van der Waals surface area contributed by atoms with E-state index < -0.39 is 36.5 Å². The van der Waals surface area contributed by atoms with Crippen molar-refractivity contribution in [1.29, 1.82) is 0 Å². The molecule has 0 radical (unpaired) electrons. The van der Waals surface area contributed by atoms with Crippen molar-refractivity contribution in [3.05, 3.63) is 16.8 Å². The molecule has 0 saturated carbocycles. The van der Waals surface area contributed by atoms with Crippen LogP contribution in [-0.2, 0) is 4.74 Å². The molecular formula is C8H13N5O5. The fourth-order valence-corrected chi connectivity index (χ4v) is 1.69. The average Bonchev–Trinajstić information content (AvgIpc) is 2.55. The molecule has 0 aromatic carbocycles. The minimum absolute atomic E-state index is 0.231. The van der Waals surface area contributed by atoms with Gasteiger partial charge >= 0.3 is 5.69 Å². The summed E-state index contributed by atoms with van der Waals surface area (Å²) in [6.45, 7) is -0.730. The number of hydrogen-bond donors (Lipinski definition) is 5. The summed E-state index contributed by atoms with van der Waals surface area (Å²) in [5.41, 5.74) is 8.08. The van der Waals surface area contributed by atoms with Gasteiger partial charge in [0.05, 0.1) is 6.61 Å². The number of aliphatic hydroxyl groups is 3. The molecule has 1 aliphatic rings.